The Bertz CT molecular complexity index is 173. The average Bonchev–Trinajstić information content (AvgIpc) is 1.80. The van der Waals surface area contributed by atoms with E-state index >= 15 is 0 Å². The van der Waals surface area contributed by atoms with Gasteiger partial charge in [-0.2, -0.15) is 0 Å². The third kappa shape index (κ3) is 1.14. The van der Waals surface area contributed by atoms with Gasteiger partial charge < -0.3 is 11.1 Å². The lowest BCUT2D eigenvalue weighted by Gasteiger charge is -2.17. The molecule has 0 bridgehead atoms. The van der Waals surface area contributed by atoms with Crippen LogP contribution >= 0.6 is 0 Å². The molecule has 0 aromatic carbocycles. The summed E-state index contributed by atoms with van der Waals surface area (Å²) in [6, 6.07) is 0. The fourth-order valence-corrected chi connectivity index (χ4v) is 0.549. The van der Waals surface area contributed by atoms with E-state index in [0.717, 1.165) is 10.8 Å². The highest BCUT2D eigenvalue weighted by atomic mass is 16.5. The van der Waals surface area contributed by atoms with Gasteiger partial charge in [0.25, 0.3) is 0 Å². The Morgan fingerprint density at radius 3 is 2.89 bits per heavy atom. The maximum atomic E-state index is 8.87. The molecule has 4 N–H and O–H groups in total. The summed E-state index contributed by atoms with van der Waals surface area (Å²) in [6.07, 6.45) is 3.02. The number of nitrogens with one attached hydrogen (secondary N) is 1. The van der Waals surface area contributed by atoms with Crippen LogP contribution in [-0.2, 0) is 0 Å². The summed E-state index contributed by atoms with van der Waals surface area (Å²) in [4.78, 5) is 0. The summed E-state index contributed by atoms with van der Waals surface area (Å²) in [7, 11) is 0. The Hall–Kier alpha value is -1.16. The van der Waals surface area contributed by atoms with Gasteiger partial charge >= 0.3 is 0 Å². The van der Waals surface area contributed by atoms with Crippen molar-refractivity contribution in [3.8, 4) is 0 Å². The maximum absolute atomic E-state index is 8.87. The number of nitrogens with two attached hydrogens (primary N) is 1. The van der Waals surface area contributed by atoms with Gasteiger partial charge in [0.15, 0.2) is 0 Å². The first kappa shape index (κ1) is 5.97. The number of allylic oxidation sites excluding steroid dienone is 1. The van der Waals surface area contributed by atoms with Crippen LogP contribution in [0.4, 0.5) is 0 Å². The van der Waals surface area contributed by atoms with Crippen LogP contribution in [0.15, 0.2) is 23.9 Å². The molecule has 1 aliphatic heterocycles. The predicted molar refractivity (Wildman–Crippen MR) is 32.8 cm³/mol. The van der Waals surface area contributed by atoms with E-state index in [4.69, 9.17) is 10.9 Å². The lowest BCUT2D eigenvalue weighted by molar-refractivity contribution is -0.00922. The molecule has 4 nitrogen and oxygen atoms in total. The molecule has 1 rings (SSSR count). The van der Waals surface area contributed by atoms with Crippen LogP contribution in [0.3, 0.4) is 0 Å². The average molecular weight is 127 g/mol. The molecule has 0 radical (unpaired) electrons. The quantitative estimate of drug-likeness (QED) is 0.425. The highest BCUT2D eigenvalue weighted by Gasteiger charge is 2.02. The number of nitrogens with zero attached hydrogens (tertiary/aromatic N) is 1. The zero-order valence-electron chi connectivity index (χ0n) is 5.13. The topological polar surface area (TPSA) is 61.5 Å². The van der Waals surface area contributed by atoms with Gasteiger partial charge in [-0.15, -0.1) is 0 Å². The molecule has 1 aliphatic rings. The van der Waals surface area contributed by atoms with E-state index in [-0.39, 0.29) is 0 Å². The van der Waals surface area contributed by atoms with Gasteiger partial charge in [0.05, 0.1) is 6.20 Å². The van der Waals surface area contributed by atoms with E-state index in [1.807, 2.05) is 6.92 Å². The fourth-order valence-electron chi connectivity index (χ4n) is 0.549. The van der Waals surface area contributed by atoms with Gasteiger partial charge in [-0.05, 0) is 6.92 Å². The first-order chi connectivity index (χ1) is 4.20. The van der Waals surface area contributed by atoms with Crippen LogP contribution in [0, 0.1) is 0 Å². The third-order valence-electron chi connectivity index (χ3n) is 1.03. The smallest absolute Gasteiger partial charge is 0.144 e. The molecule has 0 fully saturated rings. The van der Waals surface area contributed by atoms with Crippen molar-refractivity contribution in [3.63, 3.8) is 0 Å². The van der Waals surface area contributed by atoms with Crippen LogP contribution in [0.5, 0.6) is 0 Å². The van der Waals surface area contributed by atoms with Crippen molar-refractivity contribution in [2.45, 2.75) is 6.92 Å². The van der Waals surface area contributed by atoms with E-state index in [2.05, 4.69) is 5.32 Å². The van der Waals surface area contributed by atoms with Crippen molar-refractivity contribution in [3.05, 3.63) is 23.9 Å². The number of hydroxylamine groups is 2. The highest BCUT2D eigenvalue weighted by molar-refractivity contribution is 5.10. The molecule has 0 unspecified atom stereocenters. The molecule has 9 heavy (non-hydrogen) atoms. The van der Waals surface area contributed by atoms with Gasteiger partial charge in [-0.1, -0.05) is 0 Å². The molecule has 0 amide bonds. The second-order valence-corrected chi connectivity index (χ2v) is 1.87. The molecule has 0 atom stereocenters. The Balaban J connectivity index is 2.70. The first-order valence-corrected chi connectivity index (χ1v) is 2.59. The molecule has 0 saturated heterocycles. The Kier molecular flexibility index (Phi) is 1.32. The van der Waals surface area contributed by atoms with Crippen molar-refractivity contribution < 1.29 is 5.21 Å². The predicted octanol–water partition coefficient (Wildman–Crippen LogP) is -0.100. The van der Waals surface area contributed by atoms with Gasteiger partial charge in [0.2, 0.25) is 0 Å². The lowest BCUT2D eigenvalue weighted by atomic mass is 10.4. The summed E-state index contributed by atoms with van der Waals surface area (Å²) >= 11 is 0. The standard InChI is InChI=1S/C5H9N3O/c1-4-3-8(9)5(6)2-7-4/h2-3,7,9H,6H2,1H3. The van der Waals surface area contributed by atoms with Crippen LogP contribution in [0.1, 0.15) is 6.92 Å². The highest BCUT2D eigenvalue weighted by Crippen LogP contribution is 2.01. The van der Waals surface area contributed by atoms with Crippen LogP contribution < -0.4 is 11.1 Å². The maximum Gasteiger partial charge on any atom is 0.144 e. The third-order valence-corrected chi connectivity index (χ3v) is 1.03. The van der Waals surface area contributed by atoms with Gasteiger partial charge in [-0.3, -0.25) is 5.21 Å². The van der Waals surface area contributed by atoms with Crippen molar-refractivity contribution in [2.24, 2.45) is 5.73 Å². The van der Waals surface area contributed by atoms with Crippen molar-refractivity contribution in [1.29, 1.82) is 0 Å². The zero-order chi connectivity index (χ0) is 6.85. The summed E-state index contributed by atoms with van der Waals surface area (Å²) in [5.41, 5.74) is 6.12. The minimum atomic E-state index is 0.292. The van der Waals surface area contributed by atoms with E-state index in [1.165, 1.54) is 12.4 Å². The largest absolute Gasteiger partial charge is 0.382 e. The second kappa shape index (κ2) is 1.99. The number of rotatable bonds is 0. The summed E-state index contributed by atoms with van der Waals surface area (Å²) in [5, 5.41) is 12.6. The SMILES string of the molecule is CC1=CN(O)C(N)=CN1. The Labute approximate surface area is 53.2 Å². The molecule has 0 saturated carbocycles. The fraction of sp³-hybridized carbons (Fsp3) is 0.200. The van der Waals surface area contributed by atoms with Gasteiger partial charge in [0, 0.05) is 11.9 Å². The molecule has 0 spiro atoms. The lowest BCUT2D eigenvalue weighted by Crippen LogP contribution is -2.26. The molecule has 0 aromatic heterocycles. The van der Waals surface area contributed by atoms with Crippen LogP contribution in [-0.4, -0.2) is 10.3 Å². The molecular formula is C5H9N3O. The molecule has 4 heteroatoms. The molecule has 0 aliphatic carbocycles. The second-order valence-electron chi connectivity index (χ2n) is 1.87. The molecule has 50 valence electrons. The van der Waals surface area contributed by atoms with Crippen LogP contribution in [0.2, 0.25) is 0 Å². The van der Waals surface area contributed by atoms with Crippen molar-refractivity contribution in [1.82, 2.24) is 10.4 Å². The number of hydrogen-bond donors (Lipinski definition) is 3. The van der Waals surface area contributed by atoms with Crippen molar-refractivity contribution >= 4 is 0 Å². The summed E-state index contributed by atoms with van der Waals surface area (Å²) in [5.74, 6) is 0.292. The van der Waals surface area contributed by atoms with Gasteiger partial charge in [-0.25, -0.2) is 5.06 Å². The minimum absolute atomic E-state index is 0.292. The monoisotopic (exact) mass is 127 g/mol. The minimum Gasteiger partial charge on any atom is -0.382 e. The Morgan fingerprint density at radius 2 is 2.44 bits per heavy atom. The summed E-state index contributed by atoms with van der Waals surface area (Å²) in [6.45, 7) is 1.83. The van der Waals surface area contributed by atoms with Gasteiger partial charge in [0.1, 0.15) is 5.82 Å². The van der Waals surface area contributed by atoms with E-state index in [9.17, 15) is 0 Å². The summed E-state index contributed by atoms with van der Waals surface area (Å²) < 4.78 is 0. The van der Waals surface area contributed by atoms with E-state index in [1.54, 1.807) is 0 Å². The zero-order valence-corrected chi connectivity index (χ0v) is 5.13. The molecule has 0 aromatic rings. The molecule has 1 heterocycles. The van der Waals surface area contributed by atoms with Crippen molar-refractivity contribution in [2.75, 3.05) is 0 Å². The Morgan fingerprint density at radius 1 is 1.78 bits per heavy atom. The first-order valence-electron chi connectivity index (χ1n) is 2.59. The van der Waals surface area contributed by atoms with E-state index in [0.29, 0.717) is 5.82 Å². The molecular weight excluding hydrogens is 118 g/mol. The normalized spacial score (nSPS) is 18.2. The number of hydrogen-bond acceptors (Lipinski definition) is 4. The van der Waals surface area contributed by atoms with E-state index < -0.39 is 0 Å². The van der Waals surface area contributed by atoms with Crippen LogP contribution in [0.25, 0.3) is 0 Å².